The average molecular weight is 282 g/mol. The number of hydrogen-bond acceptors (Lipinski definition) is 1. The molecule has 3 atom stereocenters. The van der Waals surface area contributed by atoms with E-state index in [4.69, 9.17) is 0 Å². The summed E-state index contributed by atoms with van der Waals surface area (Å²) in [4.78, 5) is 0. The van der Waals surface area contributed by atoms with E-state index in [-0.39, 0.29) is 5.54 Å². The second-order valence-electron chi connectivity index (χ2n) is 8.59. The Labute approximate surface area is 128 Å². The van der Waals surface area contributed by atoms with Gasteiger partial charge in [0, 0.05) is 5.54 Å². The van der Waals surface area contributed by atoms with Crippen LogP contribution < -0.4 is 5.32 Å². The molecule has 0 aromatic heterocycles. The number of rotatable bonds is 7. The Hall–Kier alpha value is -0.0400. The van der Waals surface area contributed by atoms with Crippen molar-refractivity contribution in [3.63, 3.8) is 0 Å². The Morgan fingerprint density at radius 3 is 2.30 bits per heavy atom. The van der Waals surface area contributed by atoms with E-state index in [1.165, 1.54) is 51.5 Å². The molecule has 1 aliphatic carbocycles. The molecule has 1 aliphatic rings. The SMILES string of the molecule is CCCC1CCC(CNC(C)(C)C)C(CCC(C)C)C1. The van der Waals surface area contributed by atoms with Crippen molar-refractivity contribution in [2.45, 2.75) is 92.0 Å². The minimum atomic E-state index is 0.267. The van der Waals surface area contributed by atoms with Crippen molar-refractivity contribution in [1.29, 1.82) is 0 Å². The molecule has 120 valence electrons. The van der Waals surface area contributed by atoms with Gasteiger partial charge < -0.3 is 5.32 Å². The van der Waals surface area contributed by atoms with Crippen LogP contribution in [0, 0.1) is 23.7 Å². The molecule has 1 rings (SSSR count). The number of nitrogens with one attached hydrogen (secondary N) is 1. The van der Waals surface area contributed by atoms with Crippen LogP contribution in [0.25, 0.3) is 0 Å². The van der Waals surface area contributed by atoms with E-state index < -0.39 is 0 Å². The van der Waals surface area contributed by atoms with Gasteiger partial charge in [-0.25, -0.2) is 0 Å². The Balaban J connectivity index is 2.51. The largest absolute Gasteiger partial charge is 0.312 e. The second-order valence-corrected chi connectivity index (χ2v) is 8.59. The maximum Gasteiger partial charge on any atom is 0.00966 e. The van der Waals surface area contributed by atoms with Crippen molar-refractivity contribution in [3.8, 4) is 0 Å². The first kappa shape index (κ1) is 18.0. The first-order valence-electron chi connectivity index (χ1n) is 9.06. The Morgan fingerprint density at radius 1 is 1.05 bits per heavy atom. The van der Waals surface area contributed by atoms with Crippen LogP contribution in [0.1, 0.15) is 86.5 Å². The fourth-order valence-electron chi connectivity index (χ4n) is 3.70. The molecule has 3 unspecified atom stereocenters. The molecule has 0 heterocycles. The quantitative estimate of drug-likeness (QED) is 0.636. The Morgan fingerprint density at radius 2 is 1.75 bits per heavy atom. The lowest BCUT2D eigenvalue weighted by Crippen LogP contribution is -2.42. The van der Waals surface area contributed by atoms with Crippen LogP contribution in [-0.4, -0.2) is 12.1 Å². The third-order valence-corrected chi connectivity index (χ3v) is 4.95. The van der Waals surface area contributed by atoms with Gasteiger partial charge in [-0.3, -0.25) is 0 Å². The molecule has 0 aromatic rings. The molecule has 20 heavy (non-hydrogen) atoms. The highest BCUT2D eigenvalue weighted by Crippen LogP contribution is 2.39. The molecule has 1 heteroatoms. The lowest BCUT2D eigenvalue weighted by Gasteiger charge is -2.38. The molecule has 0 amide bonds. The van der Waals surface area contributed by atoms with Crippen molar-refractivity contribution in [2.24, 2.45) is 23.7 Å². The Kier molecular flexibility index (Phi) is 7.58. The fraction of sp³-hybridized carbons (Fsp3) is 1.00. The molecule has 1 N–H and O–H groups in total. The molecular formula is C19H39N. The molecule has 0 aliphatic heterocycles. The number of hydrogen-bond donors (Lipinski definition) is 1. The van der Waals surface area contributed by atoms with Gasteiger partial charge in [-0.1, -0.05) is 46.5 Å². The predicted octanol–water partition coefficient (Wildman–Crippen LogP) is 5.64. The zero-order valence-electron chi connectivity index (χ0n) is 15.0. The van der Waals surface area contributed by atoms with Crippen molar-refractivity contribution in [2.75, 3.05) is 6.54 Å². The zero-order chi connectivity index (χ0) is 15.2. The van der Waals surface area contributed by atoms with Crippen molar-refractivity contribution in [3.05, 3.63) is 0 Å². The summed E-state index contributed by atoms with van der Waals surface area (Å²) in [5, 5.41) is 3.76. The van der Waals surface area contributed by atoms with Crippen LogP contribution in [0.4, 0.5) is 0 Å². The van der Waals surface area contributed by atoms with E-state index in [2.05, 4.69) is 46.9 Å². The Bertz CT molecular complexity index is 251. The van der Waals surface area contributed by atoms with Gasteiger partial charge >= 0.3 is 0 Å². The molecule has 0 aromatic carbocycles. The van der Waals surface area contributed by atoms with E-state index in [1.807, 2.05) is 0 Å². The van der Waals surface area contributed by atoms with Crippen LogP contribution in [0.5, 0.6) is 0 Å². The lowest BCUT2D eigenvalue weighted by molar-refractivity contribution is 0.146. The maximum atomic E-state index is 3.76. The lowest BCUT2D eigenvalue weighted by atomic mass is 9.70. The summed E-state index contributed by atoms with van der Waals surface area (Å²) < 4.78 is 0. The first-order chi connectivity index (χ1) is 9.31. The van der Waals surface area contributed by atoms with Gasteiger partial charge in [0.25, 0.3) is 0 Å². The van der Waals surface area contributed by atoms with Crippen LogP contribution in [0.3, 0.4) is 0 Å². The summed E-state index contributed by atoms with van der Waals surface area (Å²) in [6.07, 6.45) is 10.1. The van der Waals surface area contributed by atoms with Gasteiger partial charge in [0.2, 0.25) is 0 Å². The van der Waals surface area contributed by atoms with Gasteiger partial charge in [0.1, 0.15) is 0 Å². The van der Waals surface area contributed by atoms with E-state index in [1.54, 1.807) is 0 Å². The molecule has 1 nitrogen and oxygen atoms in total. The minimum absolute atomic E-state index is 0.267. The van der Waals surface area contributed by atoms with Gasteiger partial charge in [-0.05, 0) is 70.3 Å². The van der Waals surface area contributed by atoms with Crippen LogP contribution in [0.15, 0.2) is 0 Å². The van der Waals surface area contributed by atoms with Crippen LogP contribution in [0.2, 0.25) is 0 Å². The van der Waals surface area contributed by atoms with Gasteiger partial charge in [0.05, 0.1) is 0 Å². The van der Waals surface area contributed by atoms with E-state index >= 15 is 0 Å². The van der Waals surface area contributed by atoms with E-state index in [0.717, 1.165) is 23.7 Å². The minimum Gasteiger partial charge on any atom is -0.312 e. The zero-order valence-corrected chi connectivity index (χ0v) is 15.0. The average Bonchev–Trinajstić information content (AvgIpc) is 2.34. The van der Waals surface area contributed by atoms with E-state index in [9.17, 15) is 0 Å². The van der Waals surface area contributed by atoms with Crippen molar-refractivity contribution >= 4 is 0 Å². The van der Waals surface area contributed by atoms with Crippen LogP contribution >= 0.6 is 0 Å². The van der Waals surface area contributed by atoms with Gasteiger partial charge in [0.15, 0.2) is 0 Å². The van der Waals surface area contributed by atoms with E-state index in [0.29, 0.717) is 0 Å². The summed E-state index contributed by atoms with van der Waals surface area (Å²) in [5.41, 5.74) is 0.267. The monoisotopic (exact) mass is 281 g/mol. The summed E-state index contributed by atoms with van der Waals surface area (Å²) in [6, 6.07) is 0. The summed E-state index contributed by atoms with van der Waals surface area (Å²) in [7, 11) is 0. The molecule has 0 spiro atoms. The summed E-state index contributed by atoms with van der Waals surface area (Å²) in [5.74, 6) is 3.76. The molecule has 0 bridgehead atoms. The molecule has 0 radical (unpaired) electrons. The van der Waals surface area contributed by atoms with Gasteiger partial charge in [-0.15, -0.1) is 0 Å². The second kappa shape index (κ2) is 8.41. The predicted molar refractivity (Wildman–Crippen MR) is 91.1 cm³/mol. The van der Waals surface area contributed by atoms with Crippen LogP contribution in [-0.2, 0) is 0 Å². The maximum absolute atomic E-state index is 3.76. The molecule has 0 saturated heterocycles. The third-order valence-electron chi connectivity index (χ3n) is 4.95. The highest BCUT2D eigenvalue weighted by Gasteiger charge is 2.30. The fourth-order valence-corrected chi connectivity index (χ4v) is 3.70. The smallest absolute Gasteiger partial charge is 0.00966 e. The highest BCUT2D eigenvalue weighted by molar-refractivity contribution is 4.83. The van der Waals surface area contributed by atoms with Crippen molar-refractivity contribution in [1.82, 2.24) is 5.32 Å². The first-order valence-corrected chi connectivity index (χ1v) is 9.06. The third kappa shape index (κ3) is 7.11. The summed E-state index contributed by atoms with van der Waals surface area (Å²) in [6.45, 7) is 15.2. The standard InChI is InChI=1S/C19H39N/c1-7-8-16-10-12-18(14-20-19(4,5)6)17(13-16)11-9-15(2)3/h15-18,20H,7-14H2,1-6H3. The molecule has 1 saturated carbocycles. The van der Waals surface area contributed by atoms with Gasteiger partial charge in [-0.2, -0.15) is 0 Å². The molecule has 1 fully saturated rings. The normalized spacial score (nSPS) is 28.1. The summed E-state index contributed by atoms with van der Waals surface area (Å²) >= 11 is 0. The molecular weight excluding hydrogens is 242 g/mol. The highest BCUT2D eigenvalue weighted by atomic mass is 14.9. The topological polar surface area (TPSA) is 12.0 Å². The van der Waals surface area contributed by atoms with Crippen molar-refractivity contribution < 1.29 is 0 Å².